The molecule has 4 atom stereocenters. The maximum Gasteiger partial charge on any atom is 0.124 e. The Morgan fingerprint density at radius 3 is 2.76 bits per heavy atom. The average Bonchev–Trinajstić information content (AvgIpc) is 2.55. The van der Waals surface area contributed by atoms with Gasteiger partial charge in [-0.3, -0.25) is 4.90 Å². The number of hydrogen-bond acceptors (Lipinski definition) is 3. The third-order valence-electron chi connectivity index (χ3n) is 5.81. The van der Waals surface area contributed by atoms with E-state index in [4.69, 9.17) is 10.5 Å². The summed E-state index contributed by atoms with van der Waals surface area (Å²) >= 11 is 0. The quantitative estimate of drug-likeness (QED) is 0.862. The van der Waals surface area contributed by atoms with Crippen molar-refractivity contribution in [1.82, 2.24) is 4.90 Å². The molecule has 4 rings (SSSR count). The van der Waals surface area contributed by atoms with E-state index < -0.39 is 0 Å². The van der Waals surface area contributed by atoms with Gasteiger partial charge in [0.1, 0.15) is 12.4 Å². The molecule has 3 heteroatoms. The first-order chi connectivity index (χ1) is 10.3. The Morgan fingerprint density at radius 1 is 1.00 bits per heavy atom. The van der Waals surface area contributed by atoms with Gasteiger partial charge in [0, 0.05) is 11.6 Å². The smallest absolute Gasteiger partial charge is 0.124 e. The topological polar surface area (TPSA) is 38.5 Å². The third-order valence-corrected chi connectivity index (χ3v) is 5.81. The summed E-state index contributed by atoms with van der Waals surface area (Å²) in [5.74, 6) is 1.88. The average molecular weight is 286 g/mol. The van der Waals surface area contributed by atoms with Crippen molar-refractivity contribution in [3.05, 3.63) is 29.8 Å². The van der Waals surface area contributed by atoms with Crippen molar-refractivity contribution in [3.8, 4) is 5.75 Å². The molecule has 2 fully saturated rings. The van der Waals surface area contributed by atoms with E-state index in [0.717, 1.165) is 24.3 Å². The molecule has 0 bridgehead atoms. The second kappa shape index (κ2) is 5.62. The van der Waals surface area contributed by atoms with Crippen LogP contribution in [0.25, 0.3) is 0 Å². The maximum atomic E-state index is 6.62. The fourth-order valence-corrected chi connectivity index (χ4v) is 4.75. The summed E-state index contributed by atoms with van der Waals surface area (Å²) in [6.45, 7) is 1.95. The summed E-state index contributed by atoms with van der Waals surface area (Å²) in [5, 5.41) is 0. The van der Waals surface area contributed by atoms with Crippen LogP contribution in [-0.4, -0.2) is 30.1 Å². The van der Waals surface area contributed by atoms with E-state index in [1.165, 1.54) is 50.6 Å². The van der Waals surface area contributed by atoms with Gasteiger partial charge in [-0.15, -0.1) is 0 Å². The first-order valence-corrected chi connectivity index (χ1v) is 8.57. The number of hydrogen-bond donors (Lipinski definition) is 1. The number of piperidine rings is 1. The predicted molar refractivity (Wildman–Crippen MR) is 84.3 cm³/mol. The predicted octanol–water partition coefficient (Wildman–Crippen LogP) is 3.10. The molecule has 0 amide bonds. The van der Waals surface area contributed by atoms with Crippen LogP contribution in [0.2, 0.25) is 0 Å². The summed E-state index contributed by atoms with van der Waals surface area (Å²) in [6, 6.07) is 9.48. The largest absolute Gasteiger partial charge is 0.492 e. The van der Waals surface area contributed by atoms with Gasteiger partial charge in [0.25, 0.3) is 0 Å². The first kappa shape index (κ1) is 13.6. The zero-order valence-electron chi connectivity index (χ0n) is 12.7. The van der Waals surface area contributed by atoms with Crippen molar-refractivity contribution in [2.45, 2.75) is 56.7 Å². The summed E-state index contributed by atoms with van der Waals surface area (Å²) in [6.07, 6.45) is 8.32. The van der Waals surface area contributed by atoms with E-state index in [2.05, 4.69) is 17.0 Å². The first-order valence-electron chi connectivity index (χ1n) is 8.57. The van der Waals surface area contributed by atoms with Crippen molar-refractivity contribution in [3.63, 3.8) is 0 Å². The molecule has 2 heterocycles. The van der Waals surface area contributed by atoms with Gasteiger partial charge in [0.15, 0.2) is 0 Å². The van der Waals surface area contributed by atoms with E-state index in [9.17, 15) is 0 Å². The highest BCUT2D eigenvalue weighted by Crippen LogP contribution is 2.40. The Labute approximate surface area is 127 Å². The van der Waals surface area contributed by atoms with Crippen LogP contribution >= 0.6 is 0 Å². The number of benzene rings is 1. The molecular formula is C18H26N2O. The zero-order chi connectivity index (χ0) is 14.2. The summed E-state index contributed by atoms with van der Waals surface area (Å²) in [5.41, 5.74) is 7.81. The molecule has 114 valence electrons. The Balaban J connectivity index is 1.58. The number of nitrogens with two attached hydrogens (primary N) is 1. The standard InChI is InChI=1S/C18H26N2O/c19-18-14-8-2-4-10-17(14)21-12-16(18)20-11-5-7-13-6-1-3-9-15(13)20/h2,4,8,10,13,15-16,18H,1,3,5-7,9,11-12,19H2. The van der Waals surface area contributed by atoms with Crippen molar-refractivity contribution in [2.24, 2.45) is 11.7 Å². The van der Waals surface area contributed by atoms with Gasteiger partial charge in [-0.05, 0) is 44.2 Å². The highest BCUT2D eigenvalue weighted by Gasteiger charge is 2.41. The molecule has 1 saturated heterocycles. The van der Waals surface area contributed by atoms with E-state index in [1.54, 1.807) is 0 Å². The normalized spacial score (nSPS) is 36.4. The van der Waals surface area contributed by atoms with Gasteiger partial charge in [0.2, 0.25) is 0 Å². The molecule has 0 aromatic heterocycles. The number of likely N-dealkylation sites (tertiary alicyclic amines) is 1. The van der Waals surface area contributed by atoms with Crippen LogP contribution in [0.1, 0.15) is 50.1 Å². The Kier molecular flexibility index (Phi) is 3.64. The minimum absolute atomic E-state index is 0.0932. The van der Waals surface area contributed by atoms with Gasteiger partial charge < -0.3 is 10.5 Å². The van der Waals surface area contributed by atoms with Gasteiger partial charge in [-0.1, -0.05) is 31.0 Å². The fourth-order valence-electron chi connectivity index (χ4n) is 4.75. The Hall–Kier alpha value is -1.06. The lowest BCUT2D eigenvalue weighted by Gasteiger charge is -2.50. The van der Waals surface area contributed by atoms with E-state index in [-0.39, 0.29) is 6.04 Å². The highest BCUT2D eigenvalue weighted by atomic mass is 16.5. The van der Waals surface area contributed by atoms with Gasteiger partial charge in [-0.2, -0.15) is 0 Å². The molecule has 3 nitrogen and oxygen atoms in total. The van der Waals surface area contributed by atoms with Crippen LogP contribution in [0, 0.1) is 5.92 Å². The van der Waals surface area contributed by atoms with E-state index in [0.29, 0.717) is 6.04 Å². The molecule has 2 aliphatic heterocycles. The van der Waals surface area contributed by atoms with E-state index >= 15 is 0 Å². The van der Waals surface area contributed by atoms with E-state index in [1.807, 2.05) is 12.1 Å². The Bertz CT molecular complexity index is 502. The zero-order valence-corrected chi connectivity index (χ0v) is 12.7. The molecule has 1 saturated carbocycles. The monoisotopic (exact) mass is 286 g/mol. The molecule has 0 spiro atoms. The van der Waals surface area contributed by atoms with Crippen LogP contribution in [0.5, 0.6) is 5.75 Å². The van der Waals surface area contributed by atoms with Gasteiger partial charge in [0.05, 0.1) is 12.1 Å². The fraction of sp³-hybridized carbons (Fsp3) is 0.667. The summed E-state index contributed by atoms with van der Waals surface area (Å²) in [4.78, 5) is 2.70. The van der Waals surface area contributed by atoms with Crippen molar-refractivity contribution in [1.29, 1.82) is 0 Å². The van der Waals surface area contributed by atoms with Crippen molar-refractivity contribution < 1.29 is 4.74 Å². The lowest BCUT2D eigenvalue weighted by molar-refractivity contribution is -0.00668. The number of para-hydroxylation sites is 1. The van der Waals surface area contributed by atoms with Crippen LogP contribution in [0.3, 0.4) is 0 Å². The third kappa shape index (κ3) is 2.36. The Morgan fingerprint density at radius 2 is 1.81 bits per heavy atom. The number of ether oxygens (including phenoxy) is 1. The molecular weight excluding hydrogens is 260 g/mol. The second-order valence-electron chi connectivity index (χ2n) is 6.93. The highest BCUT2D eigenvalue weighted by molar-refractivity contribution is 5.38. The van der Waals surface area contributed by atoms with Crippen LogP contribution in [0.4, 0.5) is 0 Å². The molecule has 1 aliphatic carbocycles. The van der Waals surface area contributed by atoms with Crippen LogP contribution < -0.4 is 10.5 Å². The lowest BCUT2D eigenvalue weighted by Crippen LogP contribution is -2.57. The molecule has 4 unspecified atom stereocenters. The minimum Gasteiger partial charge on any atom is -0.492 e. The van der Waals surface area contributed by atoms with Crippen molar-refractivity contribution >= 4 is 0 Å². The molecule has 1 aromatic carbocycles. The second-order valence-corrected chi connectivity index (χ2v) is 6.93. The molecule has 2 N–H and O–H groups in total. The molecule has 0 radical (unpaired) electrons. The maximum absolute atomic E-state index is 6.62. The SMILES string of the molecule is NC1c2ccccc2OCC1N1CCCC2CCCCC21. The number of rotatable bonds is 1. The van der Waals surface area contributed by atoms with Crippen LogP contribution in [-0.2, 0) is 0 Å². The van der Waals surface area contributed by atoms with Gasteiger partial charge in [-0.25, -0.2) is 0 Å². The lowest BCUT2D eigenvalue weighted by atomic mass is 9.77. The summed E-state index contributed by atoms with van der Waals surface area (Å²) < 4.78 is 6.02. The van der Waals surface area contributed by atoms with Crippen molar-refractivity contribution in [2.75, 3.05) is 13.2 Å². The summed E-state index contributed by atoms with van der Waals surface area (Å²) in [7, 11) is 0. The van der Waals surface area contributed by atoms with Gasteiger partial charge >= 0.3 is 0 Å². The molecule has 3 aliphatic rings. The minimum atomic E-state index is 0.0932. The van der Waals surface area contributed by atoms with Crippen LogP contribution in [0.15, 0.2) is 24.3 Å². The molecule has 1 aromatic rings. The number of fused-ring (bicyclic) bond motifs is 2. The number of nitrogens with zero attached hydrogens (tertiary/aromatic N) is 1. The molecule has 21 heavy (non-hydrogen) atoms.